The Morgan fingerprint density at radius 1 is 1.03 bits per heavy atom. The summed E-state index contributed by atoms with van der Waals surface area (Å²) in [5.74, 6) is 1.96. The molecule has 1 amide bonds. The first-order valence-electron chi connectivity index (χ1n) is 12.0. The lowest BCUT2D eigenvalue weighted by molar-refractivity contribution is -0.134. The predicted octanol–water partition coefficient (Wildman–Crippen LogP) is 4.77. The van der Waals surface area contributed by atoms with Crippen LogP contribution < -0.4 is 0 Å². The van der Waals surface area contributed by atoms with Crippen LogP contribution in [0.1, 0.15) is 63.0 Å². The maximum atomic E-state index is 12.9. The third-order valence-corrected chi connectivity index (χ3v) is 8.16. The van der Waals surface area contributed by atoms with E-state index < -0.39 is 0 Å². The molecule has 3 nitrogen and oxygen atoms in total. The van der Waals surface area contributed by atoms with Gasteiger partial charge in [0.1, 0.15) is 0 Å². The number of benzene rings is 1. The van der Waals surface area contributed by atoms with E-state index in [0.29, 0.717) is 23.7 Å². The van der Waals surface area contributed by atoms with Crippen molar-refractivity contribution in [1.82, 2.24) is 9.80 Å². The Morgan fingerprint density at radius 3 is 2.55 bits per heavy atom. The van der Waals surface area contributed by atoms with Crippen molar-refractivity contribution in [3.63, 3.8) is 0 Å². The fourth-order valence-corrected chi connectivity index (χ4v) is 6.30. The summed E-state index contributed by atoms with van der Waals surface area (Å²) in [6.07, 6.45) is 12.2. The van der Waals surface area contributed by atoms with Gasteiger partial charge < -0.3 is 9.80 Å². The number of rotatable bonds is 5. The molecule has 0 bridgehead atoms. The van der Waals surface area contributed by atoms with Crippen LogP contribution in [0.2, 0.25) is 0 Å². The molecule has 0 radical (unpaired) electrons. The van der Waals surface area contributed by atoms with Crippen LogP contribution in [0.4, 0.5) is 0 Å². The molecule has 0 N–H and O–H groups in total. The van der Waals surface area contributed by atoms with Gasteiger partial charge in [-0.2, -0.15) is 0 Å². The van der Waals surface area contributed by atoms with Crippen molar-refractivity contribution in [2.24, 2.45) is 17.8 Å². The average molecular weight is 393 g/mol. The van der Waals surface area contributed by atoms with Crippen LogP contribution in [0.3, 0.4) is 0 Å². The largest absolute Gasteiger partial charge is 0.342 e. The maximum absolute atomic E-state index is 12.9. The predicted molar refractivity (Wildman–Crippen MR) is 119 cm³/mol. The molecule has 1 aromatic carbocycles. The van der Waals surface area contributed by atoms with E-state index in [4.69, 9.17) is 0 Å². The highest BCUT2D eigenvalue weighted by Gasteiger charge is 2.41. The standard InChI is InChI=1S/C26H36N2O/c1-19-5-4-15-27(19)16-14-20-8-10-21(11-9-20)24-13-12-23-17-28(18-25(23)24)26(29)22-6-2-3-7-22/h8-11,13,19,22-23,25H,2-7,12,14-18H2,1H3/t19-,23+,25-/m1/s1. The van der Waals surface area contributed by atoms with Crippen molar-refractivity contribution in [3.05, 3.63) is 41.5 Å². The number of likely N-dealkylation sites (tertiary alicyclic amines) is 2. The summed E-state index contributed by atoms with van der Waals surface area (Å²) >= 11 is 0. The molecule has 1 saturated carbocycles. The molecular weight excluding hydrogens is 356 g/mol. The monoisotopic (exact) mass is 392 g/mol. The molecule has 1 aromatic rings. The molecule has 3 heteroatoms. The Balaban J connectivity index is 1.19. The lowest BCUT2D eigenvalue weighted by Gasteiger charge is -2.22. The summed E-state index contributed by atoms with van der Waals surface area (Å²) in [6.45, 7) is 6.74. The van der Waals surface area contributed by atoms with Crippen LogP contribution in [0.25, 0.3) is 5.57 Å². The van der Waals surface area contributed by atoms with Crippen molar-refractivity contribution in [2.45, 2.75) is 64.3 Å². The summed E-state index contributed by atoms with van der Waals surface area (Å²) in [7, 11) is 0. The number of carbonyl (C=O) groups is 1. The molecule has 0 unspecified atom stereocenters. The smallest absolute Gasteiger partial charge is 0.225 e. The highest BCUT2D eigenvalue weighted by atomic mass is 16.2. The van der Waals surface area contributed by atoms with Crippen molar-refractivity contribution in [2.75, 3.05) is 26.2 Å². The van der Waals surface area contributed by atoms with E-state index in [9.17, 15) is 4.79 Å². The zero-order valence-electron chi connectivity index (χ0n) is 18.0. The molecule has 3 atom stereocenters. The first kappa shape index (κ1) is 19.4. The first-order valence-corrected chi connectivity index (χ1v) is 12.0. The van der Waals surface area contributed by atoms with Crippen LogP contribution >= 0.6 is 0 Å². The zero-order valence-corrected chi connectivity index (χ0v) is 18.0. The molecular formula is C26H36N2O. The van der Waals surface area contributed by atoms with Crippen molar-refractivity contribution >= 4 is 11.5 Å². The van der Waals surface area contributed by atoms with Gasteiger partial charge in [-0.15, -0.1) is 0 Å². The highest BCUT2D eigenvalue weighted by molar-refractivity contribution is 5.81. The Kier molecular flexibility index (Phi) is 5.51. The lowest BCUT2D eigenvalue weighted by Crippen LogP contribution is -2.34. The third-order valence-electron chi connectivity index (χ3n) is 8.16. The Bertz CT molecular complexity index is 761. The van der Waals surface area contributed by atoms with Gasteiger partial charge in [-0.3, -0.25) is 4.79 Å². The van der Waals surface area contributed by atoms with Gasteiger partial charge in [0.25, 0.3) is 0 Å². The van der Waals surface area contributed by atoms with E-state index in [1.807, 2.05) is 0 Å². The van der Waals surface area contributed by atoms with Crippen LogP contribution in [0.5, 0.6) is 0 Å². The Hall–Kier alpha value is -1.61. The lowest BCUT2D eigenvalue weighted by atomic mass is 9.90. The maximum Gasteiger partial charge on any atom is 0.225 e. The number of allylic oxidation sites excluding steroid dienone is 1. The fourth-order valence-electron chi connectivity index (χ4n) is 6.30. The molecule has 0 spiro atoms. The van der Waals surface area contributed by atoms with E-state index in [2.05, 4.69) is 47.1 Å². The first-order chi connectivity index (χ1) is 14.2. The number of hydrogen-bond acceptors (Lipinski definition) is 2. The minimum atomic E-state index is 0.318. The minimum absolute atomic E-state index is 0.318. The van der Waals surface area contributed by atoms with E-state index in [0.717, 1.165) is 44.8 Å². The van der Waals surface area contributed by atoms with E-state index in [-0.39, 0.29) is 0 Å². The van der Waals surface area contributed by atoms with Gasteiger partial charge >= 0.3 is 0 Å². The van der Waals surface area contributed by atoms with Gasteiger partial charge in [-0.1, -0.05) is 43.2 Å². The summed E-state index contributed by atoms with van der Waals surface area (Å²) in [5, 5.41) is 0. The van der Waals surface area contributed by atoms with Gasteiger partial charge in [0.05, 0.1) is 0 Å². The highest BCUT2D eigenvalue weighted by Crippen LogP contribution is 2.44. The van der Waals surface area contributed by atoms with Crippen molar-refractivity contribution < 1.29 is 4.79 Å². The summed E-state index contributed by atoms with van der Waals surface area (Å²) in [4.78, 5) is 17.7. The molecule has 156 valence electrons. The van der Waals surface area contributed by atoms with E-state index in [1.165, 1.54) is 55.5 Å². The normalized spacial score (nSPS) is 30.2. The van der Waals surface area contributed by atoms with Gasteiger partial charge in [0, 0.05) is 37.5 Å². The Labute approximate surface area is 176 Å². The number of amides is 1. The number of fused-ring (bicyclic) bond motifs is 1. The molecule has 4 aliphatic rings. The molecule has 29 heavy (non-hydrogen) atoms. The summed E-state index contributed by atoms with van der Waals surface area (Å²) in [5.41, 5.74) is 4.33. The molecule has 2 heterocycles. The van der Waals surface area contributed by atoms with Crippen LogP contribution in [0.15, 0.2) is 30.3 Å². The number of carbonyl (C=O) groups excluding carboxylic acids is 1. The van der Waals surface area contributed by atoms with Crippen LogP contribution in [-0.4, -0.2) is 47.9 Å². The summed E-state index contributed by atoms with van der Waals surface area (Å²) in [6, 6.07) is 10.1. The number of nitrogens with zero attached hydrogens (tertiary/aromatic N) is 2. The van der Waals surface area contributed by atoms with Crippen LogP contribution in [0, 0.1) is 17.8 Å². The molecule has 2 aliphatic heterocycles. The molecule has 5 rings (SSSR count). The molecule has 3 fully saturated rings. The molecule has 2 aliphatic carbocycles. The molecule has 0 aromatic heterocycles. The van der Waals surface area contributed by atoms with Crippen LogP contribution in [-0.2, 0) is 11.2 Å². The summed E-state index contributed by atoms with van der Waals surface area (Å²) < 4.78 is 0. The zero-order chi connectivity index (χ0) is 19.8. The average Bonchev–Trinajstić information content (AvgIpc) is 3.51. The quantitative estimate of drug-likeness (QED) is 0.721. The van der Waals surface area contributed by atoms with E-state index in [1.54, 1.807) is 0 Å². The second-order valence-corrected chi connectivity index (χ2v) is 9.96. The second kappa shape index (κ2) is 8.26. The third kappa shape index (κ3) is 3.91. The molecule has 2 saturated heterocycles. The SMILES string of the molecule is C[C@@H]1CCCN1CCc1ccc(C2=CC[C@H]3CN(C(=O)C4CCCC4)C[C@@H]23)cc1. The van der Waals surface area contributed by atoms with Gasteiger partial charge in [-0.25, -0.2) is 0 Å². The van der Waals surface area contributed by atoms with Gasteiger partial charge in [0.15, 0.2) is 0 Å². The van der Waals surface area contributed by atoms with Crippen molar-refractivity contribution in [1.29, 1.82) is 0 Å². The van der Waals surface area contributed by atoms with E-state index >= 15 is 0 Å². The number of hydrogen-bond donors (Lipinski definition) is 0. The Morgan fingerprint density at radius 2 is 1.83 bits per heavy atom. The second-order valence-electron chi connectivity index (χ2n) is 9.96. The van der Waals surface area contributed by atoms with Gasteiger partial charge in [0.2, 0.25) is 5.91 Å². The van der Waals surface area contributed by atoms with Crippen molar-refractivity contribution in [3.8, 4) is 0 Å². The minimum Gasteiger partial charge on any atom is -0.342 e. The topological polar surface area (TPSA) is 23.6 Å². The van der Waals surface area contributed by atoms with Gasteiger partial charge in [-0.05, 0) is 74.6 Å². The fraction of sp³-hybridized carbons (Fsp3) is 0.654.